The standard InChI is InChI=1S/C18H15N5O2S/c24-26(25,15-8-6-14(7-9-15)22-11-3-10-19-22)23-13-12-21-17-5-2-1-4-16(17)20-18(21)23/h1-11H,12-13H2. The average molecular weight is 365 g/mol. The molecule has 8 heteroatoms. The highest BCUT2D eigenvalue weighted by Gasteiger charge is 2.33. The van der Waals surface area contributed by atoms with Crippen LogP contribution in [-0.4, -0.2) is 34.3 Å². The number of fused-ring (bicyclic) bond motifs is 3. The second-order valence-corrected chi connectivity index (χ2v) is 7.94. The van der Waals surface area contributed by atoms with Gasteiger partial charge in [-0.1, -0.05) is 12.1 Å². The van der Waals surface area contributed by atoms with Crippen molar-refractivity contribution in [1.29, 1.82) is 0 Å². The summed E-state index contributed by atoms with van der Waals surface area (Å²) in [4.78, 5) is 4.76. The Kier molecular flexibility index (Phi) is 3.17. The third-order valence-corrected chi connectivity index (χ3v) is 6.37. The Morgan fingerprint density at radius 3 is 2.50 bits per heavy atom. The number of hydrogen-bond donors (Lipinski definition) is 0. The number of nitrogens with zero attached hydrogens (tertiary/aromatic N) is 5. The summed E-state index contributed by atoms with van der Waals surface area (Å²) in [6.45, 7) is 0.983. The molecule has 2 aromatic carbocycles. The number of anilines is 1. The van der Waals surface area contributed by atoms with Gasteiger partial charge in [0.15, 0.2) is 0 Å². The number of aromatic nitrogens is 4. The minimum atomic E-state index is -3.66. The maximum absolute atomic E-state index is 13.1. The highest BCUT2D eigenvalue weighted by Crippen LogP contribution is 2.31. The highest BCUT2D eigenvalue weighted by molar-refractivity contribution is 7.92. The minimum absolute atomic E-state index is 0.244. The molecule has 0 saturated carbocycles. The molecular weight excluding hydrogens is 350 g/mol. The molecular formula is C18H15N5O2S. The van der Waals surface area contributed by atoms with E-state index in [9.17, 15) is 8.42 Å². The molecule has 3 heterocycles. The van der Waals surface area contributed by atoms with Crippen molar-refractivity contribution >= 4 is 27.0 Å². The van der Waals surface area contributed by atoms with Gasteiger partial charge < -0.3 is 4.57 Å². The summed E-state index contributed by atoms with van der Waals surface area (Å²) >= 11 is 0. The molecule has 0 radical (unpaired) electrons. The first-order valence-electron chi connectivity index (χ1n) is 8.23. The summed E-state index contributed by atoms with van der Waals surface area (Å²) in [6.07, 6.45) is 3.49. The number of benzene rings is 2. The number of rotatable bonds is 3. The molecule has 0 atom stereocenters. The van der Waals surface area contributed by atoms with Crippen LogP contribution in [0, 0.1) is 0 Å². The Balaban J connectivity index is 1.54. The monoisotopic (exact) mass is 365 g/mol. The molecule has 1 aliphatic rings. The number of sulfonamides is 1. The second-order valence-electron chi connectivity index (χ2n) is 6.07. The van der Waals surface area contributed by atoms with Gasteiger partial charge in [-0.15, -0.1) is 0 Å². The first kappa shape index (κ1) is 15.2. The van der Waals surface area contributed by atoms with Gasteiger partial charge in [-0.05, 0) is 42.5 Å². The van der Waals surface area contributed by atoms with E-state index < -0.39 is 10.0 Å². The van der Waals surface area contributed by atoms with Crippen molar-refractivity contribution in [1.82, 2.24) is 19.3 Å². The maximum atomic E-state index is 13.1. The largest absolute Gasteiger partial charge is 0.307 e. The zero-order chi connectivity index (χ0) is 17.7. The number of para-hydroxylation sites is 2. The van der Waals surface area contributed by atoms with E-state index in [0.29, 0.717) is 19.0 Å². The van der Waals surface area contributed by atoms with Crippen molar-refractivity contribution in [3.8, 4) is 5.69 Å². The van der Waals surface area contributed by atoms with Crippen LogP contribution in [-0.2, 0) is 16.6 Å². The summed E-state index contributed by atoms with van der Waals surface area (Å²) in [7, 11) is -3.66. The summed E-state index contributed by atoms with van der Waals surface area (Å²) in [5, 5.41) is 4.15. The van der Waals surface area contributed by atoms with Gasteiger partial charge in [0.2, 0.25) is 5.95 Å². The Morgan fingerprint density at radius 1 is 0.923 bits per heavy atom. The molecule has 0 amide bonds. The van der Waals surface area contributed by atoms with Crippen LogP contribution in [0.5, 0.6) is 0 Å². The van der Waals surface area contributed by atoms with Gasteiger partial charge in [0.05, 0.1) is 28.2 Å². The summed E-state index contributed by atoms with van der Waals surface area (Å²) in [5.41, 5.74) is 2.56. The van der Waals surface area contributed by atoms with Gasteiger partial charge in [0.1, 0.15) is 0 Å². The molecule has 130 valence electrons. The molecule has 0 aliphatic carbocycles. The predicted molar refractivity (Wildman–Crippen MR) is 97.8 cm³/mol. The lowest BCUT2D eigenvalue weighted by Gasteiger charge is -2.16. The van der Waals surface area contributed by atoms with Crippen LogP contribution in [0.25, 0.3) is 16.7 Å². The lowest BCUT2D eigenvalue weighted by Crippen LogP contribution is -2.29. The van der Waals surface area contributed by atoms with Gasteiger partial charge >= 0.3 is 0 Å². The van der Waals surface area contributed by atoms with E-state index in [2.05, 4.69) is 10.1 Å². The van der Waals surface area contributed by atoms with Gasteiger partial charge in [-0.3, -0.25) is 0 Å². The number of hydrogen-bond acceptors (Lipinski definition) is 4. The van der Waals surface area contributed by atoms with Crippen LogP contribution in [0.4, 0.5) is 5.95 Å². The molecule has 5 rings (SSSR count). The van der Waals surface area contributed by atoms with Crippen LogP contribution in [0.15, 0.2) is 71.9 Å². The van der Waals surface area contributed by atoms with E-state index in [-0.39, 0.29) is 4.90 Å². The van der Waals surface area contributed by atoms with E-state index in [4.69, 9.17) is 0 Å². The molecule has 1 aliphatic heterocycles. The smallest absolute Gasteiger partial charge is 0.266 e. The molecule has 0 spiro atoms. The van der Waals surface area contributed by atoms with Crippen LogP contribution in [0.3, 0.4) is 0 Å². The van der Waals surface area contributed by atoms with Crippen molar-refractivity contribution in [3.63, 3.8) is 0 Å². The zero-order valence-electron chi connectivity index (χ0n) is 13.7. The molecule has 26 heavy (non-hydrogen) atoms. The Labute approximate surface area is 150 Å². The van der Waals surface area contributed by atoms with Crippen molar-refractivity contribution in [2.45, 2.75) is 11.4 Å². The van der Waals surface area contributed by atoms with Crippen molar-refractivity contribution in [2.75, 3.05) is 10.8 Å². The van der Waals surface area contributed by atoms with E-state index >= 15 is 0 Å². The average Bonchev–Trinajstić information content (AvgIpc) is 3.38. The normalized spacial score (nSPS) is 14.1. The van der Waals surface area contributed by atoms with E-state index in [1.54, 1.807) is 35.1 Å². The third-order valence-electron chi connectivity index (χ3n) is 4.58. The lowest BCUT2D eigenvalue weighted by molar-refractivity contribution is 0.592. The van der Waals surface area contributed by atoms with E-state index in [1.165, 1.54) is 4.31 Å². The SMILES string of the molecule is O=S(=O)(c1ccc(-n2cccn2)cc1)N1CCn2c1nc1ccccc12. The molecule has 7 nitrogen and oxygen atoms in total. The Bertz CT molecular complexity index is 1190. The van der Waals surface area contributed by atoms with Crippen molar-refractivity contribution in [2.24, 2.45) is 0 Å². The summed E-state index contributed by atoms with van der Waals surface area (Å²) in [6, 6.07) is 16.2. The molecule has 0 N–H and O–H groups in total. The first-order valence-corrected chi connectivity index (χ1v) is 9.67. The van der Waals surface area contributed by atoms with Crippen LogP contribution in [0.1, 0.15) is 0 Å². The van der Waals surface area contributed by atoms with Crippen LogP contribution < -0.4 is 4.31 Å². The van der Waals surface area contributed by atoms with Gasteiger partial charge in [-0.25, -0.2) is 22.4 Å². The van der Waals surface area contributed by atoms with Crippen LogP contribution >= 0.6 is 0 Å². The fourth-order valence-corrected chi connectivity index (χ4v) is 4.72. The topological polar surface area (TPSA) is 73.0 Å². The summed E-state index contributed by atoms with van der Waals surface area (Å²) < 4.78 is 31.3. The molecule has 4 aromatic rings. The number of imidazole rings is 1. The van der Waals surface area contributed by atoms with Crippen molar-refractivity contribution in [3.05, 3.63) is 67.0 Å². The van der Waals surface area contributed by atoms with Crippen LogP contribution in [0.2, 0.25) is 0 Å². The molecule has 2 aromatic heterocycles. The molecule has 0 bridgehead atoms. The second kappa shape index (κ2) is 5.43. The highest BCUT2D eigenvalue weighted by atomic mass is 32.2. The van der Waals surface area contributed by atoms with Gasteiger partial charge in [0, 0.05) is 18.9 Å². The van der Waals surface area contributed by atoms with E-state index in [0.717, 1.165) is 16.7 Å². The zero-order valence-corrected chi connectivity index (χ0v) is 14.5. The third kappa shape index (κ3) is 2.15. The molecule has 0 saturated heterocycles. The Hall–Kier alpha value is -3.13. The fourth-order valence-electron chi connectivity index (χ4n) is 3.31. The fraction of sp³-hybridized carbons (Fsp3) is 0.111. The summed E-state index contributed by atoms with van der Waals surface area (Å²) in [5.74, 6) is 0.474. The quantitative estimate of drug-likeness (QED) is 0.559. The predicted octanol–water partition coefficient (Wildman–Crippen LogP) is 2.43. The molecule has 0 unspecified atom stereocenters. The van der Waals surface area contributed by atoms with Crippen molar-refractivity contribution < 1.29 is 8.42 Å². The minimum Gasteiger partial charge on any atom is -0.307 e. The maximum Gasteiger partial charge on any atom is 0.266 e. The van der Waals surface area contributed by atoms with Gasteiger partial charge in [-0.2, -0.15) is 5.10 Å². The van der Waals surface area contributed by atoms with Gasteiger partial charge in [0.25, 0.3) is 10.0 Å². The Morgan fingerprint density at radius 2 is 1.73 bits per heavy atom. The first-order chi connectivity index (χ1) is 12.6. The van der Waals surface area contributed by atoms with E-state index in [1.807, 2.05) is 41.1 Å². The lowest BCUT2D eigenvalue weighted by atomic mass is 10.3. The molecule has 0 fully saturated rings.